The summed E-state index contributed by atoms with van der Waals surface area (Å²) >= 11 is 4.82. The molecule has 104 valence electrons. The van der Waals surface area contributed by atoms with Crippen LogP contribution in [-0.2, 0) is 9.59 Å². The Bertz CT molecular complexity index is 502. The Morgan fingerprint density at radius 1 is 1.42 bits per heavy atom. The average molecular weight is 346 g/mol. The number of hydrogen-bond acceptors (Lipinski definition) is 3. The Balaban J connectivity index is 2.68. The van der Waals surface area contributed by atoms with Crippen LogP contribution >= 0.6 is 27.3 Å². The van der Waals surface area contributed by atoms with Gasteiger partial charge in [-0.2, -0.15) is 0 Å². The van der Waals surface area contributed by atoms with Crippen molar-refractivity contribution in [2.24, 2.45) is 5.41 Å². The number of carboxylic acids is 1. The quantitative estimate of drug-likeness (QED) is 0.823. The van der Waals surface area contributed by atoms with E-state index in [0.29, 0.717) is 0 Å². The second-order valence-corrected chi connectivity index (χ2v) is 7.62. The molecule has 19 heavy (non-hydrogen) atoms. The van der Waals surface area contributed by atoms with Crippen molar-refractivity contribution in [3.8, 4) is 0 Å². The number of nitrogens with one attached hydrogen (secondary N) is 1. The summed E-state index contributed by atoms with van der Waals surface area (Å²) in [6.45, 7) is 5.31. The van der Waals surface area contributed by atoms with Gasteiger partial charge in [-0.15, -0.1) is 11.3 Å². The van der Waals surface area contributed by atoms with Crippen LogP contribution in [0.25, 0.3) is 6.08 Å². The molecule has 6 heteroatoms. The van der Waals surface area contributed by atoms with Gasteiger partial charge in [-0.25, -0.2) is 4.79 Å². The van der Waals surface area contributed by atoms with Crippen LogP contribution in [0, 0.1) is 5.41 Å². The smallest absolute Gasteiger partial charge is 0.326 e. The summed E-state index contributed by atoms with van der Waals surface area (Å²) < 4.78 is 0.977. The van der Waals surface area contributed by atoms with E-state index in [4.69, 9.17) is 5.11 Å². The van der Waals surface area contributed by atoms with Crippen molar-refractivity contribution >= 4 is 45.2 Å². The second kappa shape index (κ2) is 6.34. The molecule has 0 bridgehead atoms. The Morgan fingerprint density at radius 3 is 2.47 bits per heavy atom. The number of amides is 1. The zero-order chi connectivity index (χ0) is 14.6. The first-order chi connectivity index (χ1) is 8.70. The van der Waals surface area contributed by atoms with Gasteiger partial charge < -0.3 is 10.4 Å². The topological polar surface area (TPSA) is 66.4 Å². The minimum absolute atomic E-state index is 0.410. The predicted molar refractivity (Wildman–Crippen MR) is 80.1 cm³/mol. The van der Waals surface area contributed by atoms with Crippen molar-refractivity contribution in [3.63, 3.8) is 0 Å². The molecule has 1 aromatic rings. The van der Waals surface area contributed by atoms with E-state index in [2.05, 4.69) is 21.2 Å². The number of carbonyl (C=O) groups is 2. The van der Waals surface area contributed by atoms with E-state index in [1.54, 1.807) is 26.8 Å². The van der Waals surface area contributed by atoms with Gasteiger partial charge in [0.15, 0.2) is 0 Å². The molecule has 0 aliphatic heterocycles. The van der Waals surface area contributed by atoms with Gasteiger partial charge in [0.2, 0.25) is 5.91 Å². The molecule has 0 aliphatic rings. The first-order valence-corrected chi connectivity index (χ1v) is 7.28. The number of carboxylic acid groups (broad SMARTS) is 1. The molecule has 1 rings (SSSR count). The summed E-state index contributed by atoms with van der Waals surface area (Å²) in [7, 11) is 0. The highest BCUT2D eigenvalue weighted by Crippen LogP contribution is 2.23. The van der Waals surface area contributed by atoms with Gasteiger partial charge in [0.05, 0.1) is 3.79 Å². The van der Waals surface area contributed by atoms with Gasteiger partial charge in [0.1, 0.15) is 6.04 Å². The number of aliphatic carboxylic acids is 1. The molecule has 1 heterocycles. The highest BCUT2D eigenvalue weighted by Gasteiger charge is 2.31. The van der Waals surface area contributed by atoms with Gasteiger partial charge in [0, 0.05) is 11.0 Å². The summed E-state index contributed by atoms with van der Waals surface area (Å²) in [5.74, 6) is -1.44. The van der Waals surface area contributed by atoms with Crippen LogP contribution in [0.2, 0.25) is 0 Å². The zero-order valence-electron chi connectivity index (χ0n) is 10.9. The molecule has 2 N–H and O–H groups in total. The fourth-order valence-corrected chi connectivity index (χ4v) is 2.74. The molecular formula is C13H16BrNO3S. The molecule has 0 radical (unpaired) electrons. The third kappa shape index (κ3) is 5.16. The van der Waals surface area contributed by atoms with Crippen LogP contribution in [-0.4, -0.2) is 23.0 Å². The van der Waals surface area contributed by atoms with Gasteiger partial charge in [-0.1, -0.05) is 20.8 Å². The molecule has 4 nitrogen and oxygen atoms in total. The van der Waals surface area contributed by atoms with Crippen molar-refractivity contribution in [1.29, 1.82) is 0 Å². The van der Waals surface area contributed by atoms with Crippen LogP contribution in [0.15, 0.2) is 22.0 Å². The number of carbonyl (C=O) groups excluding carboxylic acids is 1. The Labute approximate surface area is 124 Å². The Hall–Kier alpha value is -1.14. The zero-order valence-corrected chi connectivity index (χ0v) is 13.3. The first kappa shape index (κ1) is 15.9. The van der Waals surface area contributed by atoms with Gasteiger partial charge in [-0.3, -0.25) is 4.79 Å². The van der Waals surface area contributed by atoms with Crippen molar-refractivity contribution in [3.05, 3.63) is 26.9 Å². The lowest BCUT2D eigenvalue weighted by Gasteiger charge is -2.27. The van der Waals surface area contributed by atoms with Gasteiger partial charge >= 0.3 is 5.97 Å². The van der Waals surface area contributed by atoms with Crippen LogP contribution in [0.3, 0.4) is 0 Å². The molecule has 0 saturated carbocycles. The van der Waals surface area contributed by atoms with E-state index in [9.17, 15) is 9.59 Å². The lowest BCUT2D eigenvalue weighted by atomic mass is 9.87. The molecule has 0 aliphatic carbocycles. The minimum atomic E-state index is -1.03. The molecule has 1 atom stereocenters. The van der Waals surface area contributed by atoms with E-state index >= 15 is 0 Å². The number of hydrogen-bond donors (Lipinski definition) is 2. The Morgan fingerprint density at radius 2 is 2.05 bits per heavy atom. The van der Waals surface area contributed by atoms with Crippen molar-refractivity contribution in [2.75, 3.05) is 0 Å². The lowest BCUT2D eigenvalue weighted by Crippen LogP contribution is -2.48. The number of rotatable bonds is 4. The number of thiophene rings is 1. The third-order valence-electron chi connectivity index (χ3n) is 2.39. The summed E-state index contributed by atoms with van der Waals surface area (Å²) in [6, 6.07) is 2.84. The lowest BCUT2D eigenvalue weighted by molar-refractivity contribution is -0.144. The molecule has 1 amide bonds. The summed E-state index contributed by atoms with van der Waals surface area (Å²) in [5.41, 5.74) is -0.540. The Kier molecular flexibility index (Phi) is 5.31. The SMILES string of the molecule is CC(C)(C)[C@@H](NC(=O)/C=C/c1ccc(Br)s1)C(=O)O. The highest BCUT2D eigenvalue weighted by atomic mass is 79.9. The van der Waals surface area contributed by atoms with Crippen molar-refractivity contribution in [1.82, 2.24) is 5.32 Å². The predicted octanol–water partition coefficient (Wildman–Crippen LogP) is 3.14. The second-order valence-electron chi connectivity index (χ2n) is 5.12. The molecule has 0 saturated heterocycles. The van der Waals surface area contributed by atoms with E-state index < -0.39 is 23.3 Å². The maximum absolute atomic E-state index is 11.7. The van der Waals surface area contributed by atoms with Gasteiger partial charge in [-0.05, 0) is 39.6 Å². The third-order valence-corrected chi connectivity index (χ3v) is 3.98. The maximum atomic E-state index is 11.7. The number of halogens is 1. The molecule has 0 spiro atoms. The maximum Gasteiger partial charge on any atom is 0.326 e. The fourth-order valence-electron chi connectivity index (χ4n) is 1.41. The average Bonchev–Trinajstić information content (AvgIpc) is 2.67. The van der Waals surface area contributed by atoms with Crippen LogP contribution in [0.5, 0.6) is 0 Å². The monoisotopic (exact) mass is 345 g/mol. The van der Waals surface area contributed by atoms with Crippen LogP contribution < -0.4 is 5.32 Å². The molecular weight excluding hydrogens is 330 g/mol. The van der Waals surface area contributed by atoms with Crippen LogP contribution in [0.1, 0.15) is 25.6 Å². The summed E-state index contributed by atoms with van der Waals surface area (Å²) in [6.07, 6.45) is 3.01. The molecule has 0 aromatic carbocycles. The highest BCUT2D eigenvalue weighted by molar-refractivity contribution is 9.11. The van der Waals surface area contributed by atoms with Crippen molar-refractivity contribution in [2.45, 2.75) is 26.8 Å². The molecule has 1 aromatic heterocycles. The van der Waals surface area contributed by atoms with E-state index in [1.165, 1.54) is 17.4 Å². The molecule has 0 unspecified atom stereocenters. The van der Waals surface area contributed by atoms with Gasteiger partial charge in [0.25, 0.3) is 0 Å². The minimum Gasteiger partial charge on any atom is -0.480 e. The van der Waals surface area contributed by atoms with E-state index in [-0.39, 0.29) is 0 Å². The standard InChI is InChI=1S/C13H16BrNO3S/c1-13(2,3)11(12(17)18)15-10(16)7-5-8-4-6-9(14)19-8/h4-7,11H,1-3H3,(H,15,16)(H,17,18)/b7-5+/t11-/m0/s1. The largest absolute Gasteiger partial charge is 0.480 e. The van der Waals surface area contributed by atoms with E-state index in [1.807, 2.05) is 12.1 Å². The fraction of sp³-hybridized carbons (Fsp3) is 0.385. The summed E-state index contributed by atoms with van der Waals surface area (Å²) in [5, 5.41) is 11.6. The molecule has 0 fully saturated rings. The van der Waals surface area contributed by atoms with Crippen LogP contribution in [0.4, 0.5) is 0 Å². The summed E-state index contributed by atoms with van der Waals surface area (Å²) in [4.78, 5) is 23.8. The first-order valence-electron chi connectivity index (χ1n) is 5.67. The van der Waals surface area contributed by atoms with E-state index in [0.717, 1.165) is 8.66 Å². The van der Waals surface area contributed by atoms with Crippen molar-refractivity contribution < 1.29 is 14.7 Å². The normalized spacial score (nSPS) is 13.5.